The Morgan fingerprint density at radius 2 is 1.82 bits per heavy atom. The van der Waals surface area contributed by atoms with Gasteiger partial charge in [-0.2, -0.15) is 13.2 Å². The van der Waals surface area contributed by atoms with Crippen LogP contribution in [0.5, 0.6) is 0 Å². The summed E-state index contributed by atoms with van der Waals surface area (Å²) in [6, 6.07) is 0. The average molecular weight is 322 g/mol. The van der Waals surface area contributed by atoms with E-state index in [4.69, 9.17) is 0 Å². The van der Waals surface area contributed by atoms with Crippen LogP contribution in [-0.4, -0.2) is 41.7 Å². The fraction of sp³-hybridized carbons (Fsp3) is 0.750. The van der Waals surface area contributed by atoms with Gasteiger partial charge in [-0.15, -0.1) is 0 Å². The largest absolute Gasteiger partial charge is 0.412 e. The molecule has 0 aromatic carbocycles. The first-order valence-electron chi connectivity index (χ1n) is 7.55. The molecule has 0 aromatic heterocycles. The zero-order chi connectivity index (χ0) is 17.6. The standard InChI is InChI=1S/C10H15F3.C6H14N2O/c1-4-8(3)6-7-9(5-2)10(11,12)13;1-6(2)7-4-5(9)8(6)3/h6-7H,4-5H2,1-3H3;5,7,9H,4H2,1-3H3/b8-6-,9-7+;. The van der Waals surface area contributed by atoms with E-state index in [1.54, 1.807) is 0 Å². The molecule has 3 nitrogen and oxygen atoms in total. The Balaban J connectivity index is 0.000000425. The van der Waals surface area contributed by atoms with Crippen molar-refractivity contribution in [2.24, 2.45) is 0 Å². The predicted octanol–water partition coefficient (Wildman–Crippen LogP) is 3.82. The maximum absolute atomic E-state index is 12.2. The summed E-state index contributed by atoms with van der Waals surface area (Å²) in [6.07, 6.45) is -0.993. The molecule has 1 unspecified atom stereocenters. The van der Waals surface area contributed by atoms with E-state index in [2.05, 4.69) is 5.32 Å². The van der Waals surface area contributed by atoms with Crippen molar-refractivity contribution < 1.29 is 18.3 Å². The normalized spacial score (nSPS) is 23.3. The van der Waals surface area contributed by atoms with Crippen molar-refractivity contribution in [3.8, 4) is 0 Å². The highest BCUT2D eigenvalue weighted by atomic mass is 19.4. The van der Waals surface area contributed by atoms with Crippen LogP contribution in [0.25, 0.3) is 0 Å². The third-order valence-electron chi connectivity index (χ3n) is 3.92. The van der Waals surface area contributed by atoms with Gasteiger partial charge in [-0.3, -0.25) is 10.2 Å². The van der Waals surface area contributed by atoms with Crippen LogP contribution in [0.1, 0.15) is 47.5 Å². The molecule has 0 spiro atoms. The highest BCUT2D eigenvalue weighted by Gasteiger charge is 2.34. The van der Waals surface area contributed by atoms with E-state index >= 15 is 0 Å². The first kappa shape index (κ1) is 21.1. The fourth-order valence-corrected chi connectivity index (χ4v) is 1.75. The minimum atomic E-state index is -4.18. The Bertz CT molecular complexity index is 401. The molecular formula is C16H29F3N2O. The molecule has 0 aliphatic carbocycles. The number of hydrogen-bond acceptors (Lipinski definition) is 3. The molecule has 1 aliphatic heterocycles. The van der Waals surface area contributed by atoms with Gasteiger partial charge >= 0.3 is 6.18 Å². The lowest BCUT2D eigenvalue weighted by atomic mass is 10.1. The summed E-state index contributed by atoms with van der Waals surface area (Å²) >= 11 is 0. The number of β-amino-alcohol motifs (C(OH)–C–C–N with tert-alkyl or cyclic N) is 1. The first-order valence-corrected chi connectivity index (χ1v) is 7.55. The lowest BCUT2D eigenvalue weighted by Crippen LogP contribution is -2.45. The number of alkyl halides is 3. The number of nitrogens with one attached hydrogen (secondary N) is 1. The third kappa shape index (κ3) is 6.94. The average Bonchev–Trinajstić information content (AvgIpc) is 2.65. The van der Waals surface area contributed by atoms with E-state index in [1.165, 1.54) is 19.1 Å². The van der Waals surface area contributed by atoms with E-state index in [1.807, 2.05) is 39.6 Å². The van der Waals surface area contributed by atoms with Crippen molar-refractivity contribution in [2.45, 2.75) is 65.5 Å². The second-order valence-electron chi connectivity index (χ2n) is 5.94. The summed E-state index contributed by atoms with van der Waals surface area (Å²) in [5.41, 5.74) is 0.440. The zero-order valence-electron chi connectivity index (χ0n) is 14.4. The lowest BCUT2D eigenvalue weighted by molar-refractivity contribution is -0.0935. The van der Waals surface area contributed by atoms with Crippen molar-refractivity contribution in [1.82, 2.24) is 10.2 Å². The van der Waals surface area contributed by atoms with E-state index in [9.17, 15) is 18.3 Å². The van der Waals surface area contributed by atoms with Crippen molar-refractivity contribution in [3.05, 3.63) is 23.3 Å². The molecule has 1 atom stereocenters. The molecule has 1 heterocycles. The summed E-state index contributed by atoms with van der Waals surface area (Å²) in [7, 11) is 1.91. The van der Waals surface area contributed by atoms with Crippen LogP contribution in [-0.2, 0) is 0 Å². The lowest BCUT2D eigenvalue weighted by Gasteiger charge is -2.28. The molecule has 0 radical (unpaired) electrons. The number of aliphatic hydroxyl groups is 1. The number of allylic oxidation sites excluding steroid dienone is 4. The maximum Gasteiger partial charge on any atom is 0.412 e. The topological polar surface area (TPSA) is 35.5 Å². The second kappa shape index (κ2) is 8.70. The van der Waals surface area contributed by atoms with Gasteiger partial charge in [0.25, 0.3) is 0 Å². The third-order valence-corrected chi connectivity index (χ3v) is 3.92. The molecule has 1 saturated heterocycles. The number of hydrogen-bond donors (Lipinski definition) is 2. The number of likely N-dealkylation sites (N-methyl/N-ethyl adjacent to an activating group) is 1. The van der Waals surface area contributed by atoms with E-state index < -0.39 is 11.7 Å². The van der Waals surface area contributed by atoms with Gasteiger partial charge in [0.05, 0.1) is 5.66 Å². The van der Waals surface area contributed by atoms with Crippen LogP contribution in [0.2, 0.25) is 0 Å². The minimum Gasteiger partial charge on any atom is -0.377 e. The summed E-state index contributed by atoms with van der Waals surface area (Å²) in [4.78, 5) is 1.91. The molecule has 130 valence electrons. The number of aliphatic hydroxyl groups excluding tert-OH is 1. The van der Waals surface area contributed by atoms with Gasteiger partial charge < -0.3 is 5.11 Å². The van der Waals surface area contributed by atoms with Crippen molar-refractivity contribution in [2.75, 3.05) is 13.6 Å². The summed E-state index contributed by atoms with van der Waals surface area (Å²) in [5.74, 6) is 0. The number of nitrogens with zero attached hydrogens (tertiary/aromatic N) is 1. The Hall–Kier alpha value is -0.850. The highest BCUT2D eigenvalue weighted by molar-refractivity contribution is 5.19. The number of halogens is 3. The maximum atomic E-state index is 12.2. The summed E-state index contributed by atoms with van der Waals surface area (Å²) in [6.45, 7) is 10.0. The molecule has 2 N–H and O–H groups in total. The van der Waals surface area contributed by atoms with Crippen LogP contribution in [0.15, 0.2) is 23.3 Å². The van der Waals surface area contributed by atoms with Crippen LogP contribution in [0.4, 0.5) is 13.2 Å². The van der Waals surface area contributed by atoms with Crippen molar-refractivity contribution in [1.29, 1.82) is 0 Å². The Morgan fingerprint density at radius 1 is 1.27 bits per heavy atom. The van der Waals surface area contributed by atoms with Gasteiger partial charge in [-0.25, -0.2) is 0 Å². The van der Waals surface area contributed by atoms with Crippen LogP contribution in [0, 0.1) is 0 Å². The highest BCUT2D eigenvalue weighted by Crippen LogP contribution is 2.27. The summed E-state index contributed by atoms with van der Waals surface area (Å²) in [5, 5.41) is 12.4. The van der Waals surface area contributed by atoms with E-state index in [-0.39, 0.29) is 18.3 Å². The molecule has 1 fully saturated rings. The van der Waals surface area contributed by atoms with Crippen LogP contribution < -0.4 is 5.32 Å². The molecule has 22 heavy (non-hydrogen) atoms. The van der Waals surface area contributed by atoms with Gasteiger partial charge in [-0.1, -0.05) is 31.6 Å². The molecule has 1 aliphatic rings. The van der Waals surface area contributed by atoms with Crippen molar-refractivity contribution >= 4 is 0 Å². The first-order chi connectivity index (χ1) is 9.95. The van der Waals surface area contributed by atoms with Crippen LogP contribution >= 0.6 is 0 Å². The minimum absolute atomic E-state index is 0.0248. The van der Waals surface area contributed by atoms with Gasteiger partial charge in [-0.05, 0) is 40.7 Å². The summed E-state index contributed by atoms with van der Waals surface area (Å²) < 4.78 is 36.5. The van der Waals surface area contributed by atoms with E-state index in [0.717, 1.165) is 12.0 Å². The quantitative estimate of drug-likeness (QED) is 0.776. The van der Waals surface area contributed by atoms with Gasteiger partial charge in [0, 0.05) is 12.1 Å². The molecule has 1 rings (SSSR count). The van der Waals surface area contributed by atoms with E-state index in [0.29, 0.717) is 6.54 Å². The molecule has 6 heteroatoms. The van der Waals surface area contributed by atoms with Gasteiger partial charge in [0.15, 0.2) is 0 Å². The number of rotatable bonds is 3. The van der Waals surface area contributed by atoms with Gasteiger partial charge in [0.2, 0.25) is 0 Å². The monoisotopic (exact) mass is 322 g/mol. The van der Waals surface area contributed by atoms with Crippen molar-refractivity contribution in [3.63, 3.8) is 0 Å². The Labute approximate surface area is 131 Å². The van der Waals surface area contributed by atoms with Gasteiger partial charge in [0.1, 0.15) is 6.23 Å². The Morgan fingerprint density at radius 3 is 2.05 bits per heavy atom. The van der Waals surface area contributed by atoms with Crippen LogP contribution in [0.3, 0.4) is 0 Å². The Kier molecular flexibility index (Phi) is 8.36. The molecule has 0 aromatic rings. The SMILES string of the molecule is CC/C(C)=C\C=C(/CC)C(F)(F)F.CN1C(O)CNC1(C)C. The molecule has 0 amide bonds. The molecule has 0 bridgehead atoms. The second-order valence-corrected chi connectivity index (χ2v) is 5.94. The predicted molar refractivity (Wildman–Crippen MR) is 84.3 cm³/mol. The molecular weight excluding hydrogens is 293 g/mol. The fourth-order valence-electron chi connectivity index (χ4n) is 1.75. The smallest absolute Gasteiger partial charge is 0.377 e. The zero-order valence-corrected chi connectivity index (χ0v) is 14.4. The molecule has 0 saturated carbocycles.